The summed E-state index contributed by atoms with van der Waals surface area (Å²) in [5.74, 6) is 1.66. The third-order valence-electron chi connectivity index (χ3n) is 3.86. The average Bonchev–Trinajstić information content (AvgIpc) is 3.03. The Balaban J connectivity index is 2.02. The molecule has 0 aliphatic rings. The number of ether oxygens (including phenoxy) is 3. The van der Waals surface area contributed by atoms with E-state index in [1.807, 2.05) is 24.4 Å². The molecule has 1 aromatic carbocycles. The maximum atomic E-state index is 12.3. The lowest BCUT2D eigenvalue weighted by atomic mass is 10.2. The van der Waals surface area contributed by atoms with Crippen LogP contribution < -0.4 is 19.5 Å². The Morgan fingerprint density at radius 2 is 1.80 bits per heavy atom. The highest BCUT2D eigenvalue weighted by Gasteiger charge is 2.15. The molecule has 1 N–H and O–H groups in total. The van der Waals surface area contributed by atoms with Gasteiger partial charge in [0.05, 0.1) is 27.9 Å². The fraction of sp³-hybridized carbons (Fsp3) is 0.389. The molecule has 0 unspecified atom stereocenters. The van der Waals surface area contributed by atoms with Gasteiger partial charge < -0.3 is 24.4 Å². The topological polar surface area (TPSA) is 60.0 Å². The number of amides is 2. The van der Waals surface area contributed by atoms with Crippen LogP contribution in [0.3, 0.4) is 0 Å². The summed E-state index contributed by atoms with van der Waals surface area (Å²) in [6, 6.07) is 5.57. The minimum absolute atomic E-state index is 0.137. The highest BCUT2D eigenvalue weighted by Crippen LogP contribution is 2.38. The molecule has 0 fully saturated rings. The number of hydrogen-bond acceptors (Lipinski definition) is 5. The number of benzene rings is 1. The molecule has 7 heteroatoms. The zero-order valence-electron chi connectivity index (χ0n) is 15.2. The second-order valence-electron chi connectivity index (χ2n) is 5.58. The molecule has 1 aromatic heterocycles. The lowest BCUT2D eigenvalue weighted by molar-refractivity contribution is 0.206. The van der Waals surface area contributed by atoms with Crippen LogP contribution in [-0.4, -0.2) is 39.3 Å². The minimum Gasteiger partial charge on any atom is -0.493 e. The predicted molar refractivity (Wildman–Crippen MR) is 98.9 cm³/mol. The van der Waals surface area contributed by atoms with Crippen molar-refractivity contribution in [3.63, 3.8) is 0 Å². The second kappa shape index (κ2) is 8.62. The summed E-state index contributed by atoms with van der Waals surface area (Å²) in [7, 11) is 6.47. The third-order valence-corrected chi connectivity index (χ3v) is 4.87. The van der Waals surface area contributed by atoms with Gasteiger partial charge in [-0.25, -0.2) is 4.79 Å². The number of carbonyl (C=O) groups excluding carboxylic acids is 1. The van der Waals surface area contributed by atoms with Gasteiger partial charge in [-0.05, 0) is 41.6 Å². The van der Waals surface area contributed by atoms with E-state index in [4.69, 9.17) is 14.2 Å². The van der Waals surface area contributed by atoms with E-state index in [1.54, 1.807) is 44.6 Å². The Morgan fingerprint density at radius 3 is 2.28 bits per heavy atom. The molecule has 0 aliphatic carbocycles. The van der Waals surface area contributed by atoms with Crippen LogP contribution in [0.5, 0.6) is 17.2 Å². The van der Waals surface area contributed by atoms with Crippen molar-refractivity contribution in [2.24, 2.45) is 0 Å². The van der Waals surface area contributed by atoms with E-state index >= 15 is 0 Å². The van der Waals surface area contributed by atoms with Crippen LogP contribution in [0.15, 0.2) is 23.6 Å². The van der Waals surface area contributed by atoms with Crippen LogP contribution in [0.1, 0.15) is 16.0 Å². The third kappa shape index (κ3) is 4.57. The van der Waals surface area contributed by atoms with Crippen molar-refractivity contribution in [1.29, 1.82) is 0 Å². The van der Waals surface area contributed by atoms with Crippen LogP contribution >= 0.6 is 11.3 Å². The summed E-state index contributed by atoms with van der Waals surface area (Å²) in [5, 5.41) is 4.94. The van der Waals surface area contributed by atoms with Gasteiger partial charge in [0.2, 0.25) is 5.75 Å². The van der Waals surface area contributed by atoms with E-state index in [-0.39, 0.29) is 6.03 Å². The summed E-state index contributed by atoms with van der Waals surface area (Å²) in [6.45, 7) is 3.00. The Kier molecular flexibility index (Phi) is 6.52. The van der Waals surface area contributed by atoms with Crippen LogP contribution in [-0.2, 0) is 13.1 Å². The average molecular weight is 364 g/mol. The zero-order valence-corrected chi connectivity index (χ0v) is 16.0. The number of urea groups is 1. The van der Waals surface area contributed by atoms with Crippen LogP contribution in [0.25, 0.3) is 0 Å². The quantitative estimate of drug-likeness (QED) is 0.818. The molecule has 136 valence electrons. The molecule has 0 spiro atoms. The van der Waals surface area contributed by atoms with Gasteiger partial charge in [-0.15, -0.1) is 11.3 Å². The first-order chi connectivity index (χ1) is 12.0. The van der Waals surface area contributed by atoms with E-state index in [0.29, 0.717) is 30.3 Å². The number of carbonyl (C=O) groups is 1. The molecule has 6 nitrogen and oxygen atoms in total. The van der Waals surface area contributed by atoms with E-state index in [1.165, 1.54) is 10.4 Å². The number of aryl methyl sites for hydroxylation is 1. The van der Waals surface area contributed by atoms with E-state index in [2.05, 4.69) is 11.4 Å². The van der Waals surface area contributed by atoms with Crippen molar-refractivity contribution in [3.05, 3.63) is 39.6 Å². The van der Waals surface area contributed by atoms with E-state index in [0.717, 1.165) is 5.56 Å². The highest BCUT2D eigenvalue weighted by molar-refractivity contribution is 7.10. The van der Waals surface area contributed by atoms with Crippen molar-refractivity contribution in [2.45, 2.75) is 20.0 Å². The minimum atomic E-state index is -0.137. The van der Waals surface area contributed by atoms with Gasteiger partial charge in [-0.2, -0.15) is 0 Å². The van der Waals surface area contributed by atoms with Crippen molar-refractivity contribution in [1.82, 2.24) is 10.2 Å². The fourth-order valence-electron chi connectivity index (χ4n) is 2.40. The van der Waals surface area contributed by atoms with Crippen molar-refractivity contribution in [3.8, 4) is 17.2 Å². The van der Waals surface area contributed by atoms with Gasteiger partial charge in [-0.3, -0.25) is 0 Å². The molecule has 0 atom stereocenters. The zero-order chi connectivity index (χ0) is 18.4. The molecule has 0 radical (unpaired) electrons. The first-order valence-electron chi connectivity index (χ1n) is 7.81. The molecule has 0 aliphatic heterocycles. The van der Waals surface area contributed by atoms with E-state index in [9.17, 15) is 4.79 Å². The van der Waals surface area contributed by atoms with Gasteiger partial charge >= 0.3 is 6.03 Å². The smallest absolute Gasteiger partial charge is 0.317 e. The molecule has 2 aromatic rings. The van der Waals surface area contributed by atoms with Gasteiger partial charge in [0.1, 0.15) is 0 Å². The number of thiophene rings is 1. The van der Waals surface area contributed by atoms with E-state index < -0.39 is 0 Å². The molecule has 0 saturated heterocycles. The number of methoxy groups -OCH3 is 3. The summed E-state index contributed by atoms with van der Waals surface area (Å²) < 4.78 is 16.0. The number of rotatable bonds is 7. The monoisotopic (exact) mass is 364 g/mol. The number of hydrogen-bond donors (Lipinski definition) is 1. The molecular formula is C18H24N2O4S. The van der Waals surface area contributed by atoms with Gasteiger partial charge in [0.25, 0.3) is 0 Å². The van der Waals surface area contributed by atoms with Gasteiger partial charge in [0.15, 0.2) is 11.5 Å². The fourth-order valence-corrected chi connectivity index (χ4v) is 3.36. The summed E-state index contributed by atoms with van der Waals surface area (Å²) in [6.07, 6.45) is 0. The second-order valence-corrected chi connectivity index (χ2v) is 6.58. The Morgan fingerprint density at radius 1 is 1.16 bits per heavy atom. The molecule has 2 rings (SSSR count). The van der Waals surface area contributed by atoms with Gasteiger partial charge in [-0.1, -0.05) is 0 Å². The summed E-state index contributed by atoms with van der Waals surface area (Å²) in [5.41, 5.74) is 2.07. The molecule has 0 saturated carbocycles. The van der Waals surface area contributed by atoms with Crippen molar-refractivity contribution < 1.29 is 19.0 Å². The number of nitrogens with zero attached hydrogens (tertiary/aromatic N) is 1. The standard InChI is InChI=1S/C18H24N2O4S/c1-12-6-7-25-16(12)11-20(2)18(21)19-10-13-8-14(22-3)17(24-5)15(9-13)23-4/h6-9H,10-11H2,1-5H3,(H,19,21). The van der Waals surface area contributed by atoms with Crippen LogP contribution in [0.4, 0.5) is 4.79 Å². The normalized spacial score (nSPS) is 10.3. The van der Waals surface area contributed by atoms with Crippen molar-refractivity contribution in [2.75, 3.05) is 28.4 Å². The summed E-state index contributed by atoms with van der Waals surface area (Å²) >= 11 is 1.66. The van der Waals surface area contributed by atoms with Crippen LogP contribution in [0.2, 0.25) is 0 Å². The molecule has 2 amide bonds. The number of nitrogens with one attached hydrogen (secondary N) is 1. The largest absolute Gasteiger partial charge is 0.493 e. The molecule has 1 heterocycles. The lowest BCUT2D eigenvalue weighted by Gasteiger charge is -2.19. The molecule has 0 bridgehead atoms. The Hall–Kier alpha value is -2.41. The lowest BCUT2D eigenvalue weighted by Crippen LogP contribution is -2.36. The summed E-state index contributed by atoms with van der Waals surface area (Å²) in [4.78, 5) is 15.2. The molecule has 25 heavy (non-hydrogen) atoms. The maximum absolute atomic E-state index is 12.3. The first kappa shape index (κ1) is 18.9. The van der Waals surface area contributed by atoms with Crippen LogP contribution in [0, 0.1) is 6.92 Å². The Bertz CT molecular complexity index is 705. The SMILES string of the molecule is COc1cc(CNC(=O)N(C)Cc2sccc2C)cc(OC)c1OC. The first-order valence-corrected chi connectivity index (χ1v) is 8.69. The Labute approximate surface area is 152 Å². The molecular weight excluding hydrogens is 340 g/mol. The van der Waals surface area contributed by atoms with Crippen molar-refractivity contribution >= 4 is 17.4 Å². The predicted octanol–water partition coefficient (Wildman–Crippen LogP) is 3.42. The van der Waals surface area contributed by atoms with Gasteiger partial charge in [0, 0.05) is 18.5 Å². The maximum Gasteiger partial charge on any atom is 0.317 e. The highest BCUT2D eigenvalue weighted by atomic mass is 32.1.